The van der Waals surface area contributed by atoms with E-state index in [1.165, 1.54) is 17.0 Å². The number of imide groups is 1. The summed E-state index contributed by atoms with van der Waals surface area (Å²) in [6, 6.07) is 4.96. The number of nitrogens with zero attached hydrogens (tertiary/aromatic N) is 1. The number of carboxylic acids is 1. The topological polar surface area (TPSA) is 86.7 Å². The number of nitrogens with one attached hydrogen (secondary N) is 1. The highest BCUT2D eigenvalue weighted by molar-refractivity contribution is 6.04. The van der Waals surface area contributed by atoms with Gasteiger partial charge in [-0.3, -0.25) is 10.1 Å². The molecule has 1 aliphatic heterocycles. The zero-order valence-corrected chi connectivity index (χ0v) is 11.1. The van der Waals surface area contributed by atoms with Crippen molar-refractivity contribution in [3.05, 3.63) is 35.4 Å². The van der Waals surface area contributed by atoms with Crippen LogP contribution in [0.4, 0.5) is 4.79 Å². The van der Waals surface area contributed by atoms with Gasteiger partial charge in [0.25, 0.3) is 5.91 Å². The number of benzene rings is 1. The van der Waals surface area contributed by atoms with Crippen LogP contribution in [0.1, 0.15) is 41.7 Å². The van der Waals surface area contributed by atoms with Crippen molar-refractivity contribution in [2.45, 2.75) is 25.8 Å². The third-order valence-corrected chi connectivity index (χ3v) is 3.28. The zero-order valence-electron chi connectivity index (χ0n) is 11.1. The van der Waals surface area contributed by atoms with E-state index in [0.717, 1.165) is 12.8 Å². The van der Waals surface area contributed by atoms with Gasteiger partial charge >= 0.3 is 12.0 Å². The predicted molar refractivity (Wildman–Crippen MR) is 71.3 cm³/mol. The van der Waals surface area contributed by atoms with E-state index in [-0.39, 0.29) is 11.5 Å². The van der Waals surface area contributed by atoms with Gasteiger partial charge in [-0.1, -0.05) is 25.5 Å². The molecule has 1 saturated heterocycles. The lowest BCUT2D eigenvalue weighted by molar-refractivity contribution is -0.121. The molecule has 1 aromatic carbocycles. The van der Waals surface area contributed by atoms with Gasteiger partial charge in [-0.25, -0.2) is 9.59 Å². The Labute approximate surface area is 116 Å². The average Bonchev–Trinajstić information content (AvgIpc) is 2.70. The van der Waals surface area contributed by atoms with E-state index in [1.54, 1.807) is 12.1 Å². The molecule has 2 rings (SSSR count). The fourth-order valence-electron chi connectivity index (χ4n) is 2.20. The number of carbonyl (C=O) groups excluding carboxylic acids is 2. The van der Waals surface area contributed by atoms with Crippen LogP contribution in [0.3, 0.4) is 0 Å². The van der Waals surface area contributed by atoms with E-state index < -0.39 is 18.0 Å². The summed E-state index contributed by atoms with van der Waals surface area (Å²) < 4.78 is 0. The van der Waals surface area contributed by atoms with Crippen LogP contribution >= 0.6 is 0 Å². The summed E-state index contributed by atoms with van der Waals surface area (Å²) in [5.74, 6) is -1.39. The lowest BCUT2D eigenvalue weighted by atomic mass is 10.0. The number of hydrogen-bond acceptors (Lipinski definition) is 3. The van der Waals surface area contributed by atoms with E-state index in [4.69, 9.17) is 5.11 Å². The highest BCUT2D eigenvalue weighted by Gasteiger charge is 2.38. The molecule has 6 nitrogen and oxygen atoms in total. The third kappa shape index (κ3) is 2.64. The predicted octanol–water partition coefficient (Wildman–Crippen LogP) is 1.78. The highest BCUT2D eigenvalue weighted by Crippen LogP contribution is 2.26. The second-order valence-electron chi connectivity index (χ2n) is 4.67. The van der Waals surface area contributed by atoms with Gasteiger partial charge in [0, 0.05) is 6.54 Å². The van der Waals surface area contributed by atoms with Gasteiger partial charge < -0.3 is 10.0 Å². The van der Waals surface area contributed by atoms with E-state index in [0.29, 0.717) is 12.1 Å². The number of amides is 3. The van der Waals surface area contributed by atoms with Crippen LogP contribution in [0, 0.1) is 0 Å². The molecule has 0 bridgehead atoms. The van der Waals surface area contributed by atoms with Gasteiger partial charge in [0.1, 0.15) is 6.04 Å². The normalized spacial score (nSPS) is 18.2. The minimum atomic E-state index is -1.02. The fourth-order valence-corrected chi connectivity index (χ4v) is 2.20. The maximum absolute atomic E-state index is 11.9. The van der Waals surface area contributed by atoms with Crippen molar-refractivity contribution < 1.29 is 19.5 Å². The minimum absolute atomic E-state index is 0.151. The van der Waals surface area contributed by atoms with Crippen molar-refractivity contribution in [3.8, 4) is 0 Å². The molecule has 1 aliphatic rings. The number of rotatable bonds is 5. The van der Waals surface area contributed by atoms with Crippen LogP contribution in [-0.2, 0) is 4.79 Å². The molecular weight excluding hydrogens is 260 g/mol. The molecule has 20 heavy (non-hydrogen) atoms. The fraction of sp³-hybridized carbons (Fsp3) is 0.357. The molecule has 106 valence electrons. The van der Waals surface area contributed by atoms with Crippen LogP contribution < -0.4 is 5.32 Å². The Hall–Kier alpha value is -2.37. The lowest BCUT2D eigenvalue weighted by Crippen LogP contribution is -2.30. The SMILES string of the molecule is CCCCN1C(=O)NC(=O)C1c1ccc(C(=O)O)cc1. The standard InChI is InChI=1S/C14H16N2O4/c1-2-3-8-16-11(12(17)15-14(16)20)9-4-6-10(7-5-9)13(18)19/h4-7,11H,2-3,8H2,1H3,(H,18,19)(H,15,17,20). The van der Waals surface area contributed by atoms with Crippen molar-refractivity contribution in [2.75, 3.05) is 6.54 Å². The van der Waals surface area contributed by atoms with E-state index >= 15 is 0 Å². The first-order valence-electron chi connectivity index (χ1n) is 6.49. The highest BCUT2D eigenvalue weighted by atomic mass is 16.4. The van der Waals surface area contributed by atoms with Gasteiger partial charge in [0.15, 0.2) is 0 Å². The van der Waals surface area contributed by atoms with Crippen molar-refractivity contribution in [1.82, 2.24) is 10.2 Å². The first kappa shape index (κ1) is 14.0. The first-order valence-corrected chi connectivity index (χ1v) is 6.49. The molecule has 1 heterocycles. The molecular formula is C14H16N2O4. The molecule has 1 aromatic rings. The Bertz CT molecular complexity index is 539. The molecule has 6 heteroatoms. The Morgan fingerprint density at radius 3 is 2.50 bits per heavy atom. The Morgan fingerprint density at radius 1 is 1.30 bits per heavy atom. The molecule has 0 spiro atoms. The van der Waals surface area contributed by atoms with E-state index in [1.807, 2.05) is 6.92 Å². The quantitative estimate of drug-likeness (QED) is 0.802. The Balaban J connectivity index is 2.25. The van der Waals surface area contributed by atoms with Gasteiger partial charge in [-0.05, 0) is 24.1 Å². The largest absolute Gasteiger partial charge is 0.478 e. The van der Waals surface area contributed by atoms with Crippen LogP contribution in [-0.4, -0.2) is 34.5 Å². The maximum atomic E-state index is 11.9. The summed E-state index contributed by atoms with van der Waals surface area (Å²) in [7, 11) is 0. The molecule has 0 aliphatic carbocycles. The van der Waals surface area contributed by atoms with E-state index in [2.05, 4.69) is 5.32 Å². The Kier molecular flexibility index (Phi) is 4.02. The molecule has 0 aromatic heterocycles. The monoisotopic (exact) mass is 276 g/mol. The summed E-state index contributed by atoms with van der Waals surface area (Å²) in [5, 5.41) is 11.2. The number of hydrogen-bond donors (Lipinski definition) is 2. The minimum Gasteiger partial charge on any atom is -0.478 e. The zero-order chi connectivity index (χ0) is 14.7. The van der Waals surface area contributed by atoms with Crippen LogP contribution in [0.2, 0.25) is 0 Å². The third-order valence-electron chi connectivity index (χ3n) is 3.28. The summed E-state index contributed by atoms with van der Waals surface area (Å²) in [4.78, 5) is 35.9. The average molecular weight is 276 g/mol. The number of carbonyl (C=O) groups is 3. The van der Waals surface area contributed by atoms with Gasteiger partial charge in [-0.15, -0.1) is 0 Å². The summed E-state index contributed by atoms with van der Waals surface area (Å²) in [6.45, 7) is 2.51. The summed E-state index contributed by atoms with van der Waals surface area (Å²) >= 11 is 0. The van der Waals surface area contributed by atoms with Crippen molar-refractivity contribution >= 4 is 17.9 Å². The van der Waals surface area contributed by atoms with Gasteiger partial charge in [0.2, 0.25) is 0 Å². The number of urea groups is 1. The van der Waals surface area contributed by atoms with Crippen molar-refractivity contribution in [3.63, 3.8) is 0 Å². The van der Waals surface area contributed by atoms with Crippen molar-refractivity contribution in [2.24, 2.45) is 0 Å². The molecule has 0 radical (unpaired) electrons. The first-order chi connectivity index (χ1) is 9.54. The molecule has 2 N–H and O–H groups in total. The number of unbranched alkanes of at least 4 members (excludes halogenated alkanes) is 1. The Morgan fingerprint density at radius 2 is 1.95 bits per heavy atom. The molecule has 1 atom stereocenters. The molecule has 1 unspecified atom stereocenters. The number of carboxylic acid groups (broad SMARTS) is 1. The number of aromatic carboxylic acids is 1. The lowest BCUT2D eigenvalue weighted by Gasteiger charge is -2.21. The second kappa shape index (κ2) is 5.73. The summed E-state index contributed by atoms with van der Waals surface area (Å²) in [6.07, 6.45) is 1.73. The van der Waals surface area contributed by atoms with E-state index in [9.17, 15) is 14.4 Å². The molecule has 3 amide bonds. The smallest absolute Gasteiger partial charge is 0.335 e. The van der Waals surface area contributed by atoms with Gasteiger partial charge in [-0.2, -0.15) is 0 Å². The second-order valence-corrected chi connectivity index (χ2v) is 4.67. The van der Waals surface area contributed by atoms with Crippen molar-refractivity contribution in [1.29, 1.82) is 0 Å². The molecule has 0 saturated carbocycles. The van der Waals surface area contributed by atoms with Crippen LogP contribution in [0.5, 0.6) is 0 Å². The van der Waals surface area contributed by atoms with Gasteiger partial charge in [0.05, 0.1) is 5.56 Å². The molecule has 1 fully saturated rings. The van der Waals surface area contributed by atoms with Crippen LogP contribution in [0.15, 0.2) is 24.3 Å². The van der Waals surface area contributed by atoms with Crippen LogP contribution in [0.25, 0.3) is 0 Å². The summed E-state index contributed by atoms with van der Waals surface area (Å²) in [5.41, 5.74) is 0.771. The maximum Gasteiger partial charge on any atom is 0.335 e.